The molecule has 2 heterocycles. The fourth-order valence-electron chi connectivity index (χ4n) is 4.05. The summed E-state index contributed by atoms with van der Waals surface area (Å²) in [4.78, 5) is 33.7. The standard InChI is InChI=1S/C23H24F3N5O3/c1-31-19-15(22(33)30-20(23(24,25)26)16-8-3-4-9-27-16)10-14(28-18(32)12-34-2)11-17(19)29-21(31)13-6-5-7-13/h3-4,8-11,13,20H,5-7,12H2,1-2H3,(H,28,32)(H,30,33)/t20-/m1/s1. The van der Waals surface area contributed by atoms with Gasteiger partial charge in [-0.2, -0.15) is 13.2 Å². The van der Waals surface area contributed by atoms with E-state index in [1.807, 2.05) is 0 Å². The van der Waals surface area contributed by atoms with Crippen LogP contribution in [0.25, 0.3) is 11.0 Å². The normalized spacial score (nSPS) is 15.1. The van der Waals surface area contributed by atoms with Crippen molar-refractivity contribution in [1.82, 2.24) is 19.9 Å². The molecule has 0 unspecified atom stereocenters. The smallest absolute Gasteiger partial charge is 0.375 e. The second kappa shape index (κ2) is 9.41. The average molecular weight is 475 g/mol. The highest BCUT2D eigenvalue weighted by Gasteiger charge is 2.43. The number of alkyl halides is 3. The third kappa shape index (κ3) is 4.74. The predicted molar refractivity (Wildman–Crippen MR) is 118 cm³/mol. The minimum absolute atomic E-state index is 0.0315. The van der Waals surface area contributed by atoms with E-state index in [1.54, 1.807) is 17.7 Å². The van der Waals surface area contributed by atoms with Crippen molar-refractivity contribution in [3.8, 4) is 0 Å². The third-order valence-electron chi connectivity index (χ3n) is 5.86. The number of nitrogens with zero attached hydrogens (tertiary/aromatic N) is 3. The molecule has 0 bridgehead atoms. The molecule has 4 rings (SSSR count). The maximum atomic E-state index is 13.8. The maximum absolute atomic E-state index is 13.8. The number of hydrogen-bond acceptors (Lipinski definition) is 5. The Labute approximate surface area is 193 Å². The van der Waals surface area contributed by atoms with Gasteiger partial charge in [-0.1, -0.05) is 12.5 Å². The first kappa shape index (κ1) is 23.7. The van der Waals surface area contributed by atoms with Crippen LogP contribution in [0.15, 0.2) is 36.5 Å². The molecule has 0 saturated heterocycles. The first-order valence-electron chi connectivity index (χ1n) is 10.8. The van der Waals surface area contributed by atoms with Gasteiger partial charge in [0, 0.05) is 32.0 Å². The number of pyridine rings is 1. The Hall–Kier alpha value is -3.47. The quantitative estimate of drug-likeness (QED) is 0.541. The number of fused-ring (bicyclic) bond motifs is 1. The number of ether oxygens (including phenoxy) is 1. The van der Waals surface area contributed by atoms with Crippen molar-refractivity contribution in [2.75, 3.05) is 19.0 Å². The molecule has 2 aromatic heterocycles. The van der Waals surface area contributed by atoms with Crippen LogP contribution < -0.4 is 10.6 Å². The number of carbonyl (C=O) groups is 2. The van der Waals surface area contributed by atoms with E-state index in [-0.39, 0.29) is 29.5 Å². The molecule has 1 aromatic carbocycles. The minimum Gasteiger partial charge on any atom is -0.375 e. The lowest BCUT2D eigenvalue weighted by molar-refractivity contribution is -0.156. The van der Waals surface area contributed by atoms with Gasteiger partial charge in [-0.05, 0) is 37.1 Å². The number of anilines is 1. The summed E-state index contributed by atoms with van der Waals surface area (Å²) in [6, 6.07) is 4.76. The molecule has 1 saturated carbocycles. The highest BCUT2D eigenvalue weighted by Crippen LogP contribution is 2.38. The Balaban J connectivity index is 1.77. The number of carbonyl (C=O) groups excluding carboxylic acids is 2. The van der Waals surface area contributed by atoms with Crippen LogP contribution in [-0.4, -0.2) is 46.2 Å². The van der Waals surface area contributed by atoms with Crippen molar-refractivity contribution in [2.24, 2.45) is 7.05 Å². The summed E-state index contributed by atoms with van der Waals surface area (Å²) in [7, 11) is 3.10. The summed E-state index contributed by atoms with van der Waals surface area (Å²) in [5.74, 6) is -0.446. The fourth-order valence-corrected chi connectivity index (χ4v) is 4.05. The zero-order valence-electron chi connectivity index (χ0n) is 18.6. The zero-order valence-corrected chi connectivity index (χ0v) is 18.6. The van der Waals surface area contributed by atoms with Crippen molar-refractivity contribution in [2.45, 2.75) is 37.4 Å². The largest absolute Gasteiger partial charge is 0.414 e. The SMILES string of the molecule is COCC(=O)Nc1cc(C(=O)N[C@H](c2ccccn2)C(F)(F)F)c2c(c1)nc(C1CCC1)n2C. The summed E-state index contributed by atoms with van der Waals surface area (Å²) in [6.07, 6.45) is -0.567. The fraction of sp³-hybridized carbons (Fsp3) is 0.391. The Morgan fingerprint density at radius 1 is 1.26 bits per heavy atom. The molecule has 1 aliphatic carbocycles. The Kier molecular flexibility index (Phi) is 6.56. The first-order chi connectivity index (χ1) is 16.2. The van der Waals surface area contributed by atoms with Gasteiger partial charge in [0.15, 0.2) is 6.04 Å². The summed E-state index contributed by atoms with van der Waals surface area (Å²) in [5, 5.41) is 4.68. The van der Waals surface area contributed by atoms with Crippen molar-refractivity contribution in [3.05, 3.63) is 53.6 Å². The summed E-state index contributed by atoms with van der Waals surface area (Å²) in [6.45, 7) is -0.217. The predicted octanol–water partition coefficient (Wildman–Crippen LogP) is 3.85. The lowest BCUT2D eigenvalue weighted by atomic mass is 9.85. The number of benzene rings is 1. The second-order valence-corrected chi connectivity index (χ2v) is 8.23. The van der Waals surface area contributed by atoms with Gasteiger partial charge < -0.3 is 19.9 Å². The summed E-state index contributed by atoms with van der Waals surface area (Å²) < 4.78 is 48.1. The maximum Gasteiger partial charge on any atom is 0.414 e. The van der Waals surface area contributed by atoms with E-state index in [1.165, 1.54) is 37.6 Å². The molecule has 1 fully saturated rings. The molecule has 8 nitrogen and oxygen atoms in total. The molecular weight excluding hydrogens is 451 g/mol. The molecule has 0 spiro atoms. The lowest BCUT2D eigenvalue weighted by Gasteiger charge is -2.24. The van der Waals surface area contributed by atoms with Gasteiger partial charge in [0.05, 0.1) is 22.3 Å². The van der Waals surface area contributed by atoms with Gasteiger partial charge >= 0.3 is 6.18 Å². The molecular formula is C23H24F3N5O3. The Morgan fingerprint density at radius 2 is 2.03 bits per heavy atom. The number of aromatic nitrogens is 3. The number of imidazole rings is 1. The van der Waals surface area contributed by atoms with Crippen LogP contribution in [0.2, 0.25) is 0 Å². The molecule has 1 aliphatic rings. The first-order valence-corrected chi connectivity index (χ1v) is 10.8. The van der Waals surface area contributed by atoms with E-state index in [0.29, 0.717) is 11.0 Å². The number of amides is 2. The molecule has 2 N–H and O–H groups in total. The molecule has 0 aliphatic heterocycles. The summed E-state index contributed by atoms with van der Waals surface area (Å²) >= 11 is 0. The van der Waals surface area contributed by atoms with E-state index in [0.717, 1.165) is 25.1 Å². The topological polar surface area (TPSA) is 98.1 Å². The van der Waals surface area contributed by atoms with Gasteiger partial charge in [-0.25, -0.2) is 4.98 Å². The summed E-state index contributed by atoms with van der Waals surface area (Å²) in [5.41, 5.74) is 0.678. The van der Waals surface area contributed by atoms with Crippen LogP contribution in [0.4, 0.5) is 18.9 Å². The number of hydrogen-bond donors (Lipinski definition) is 2. The van der Waals surface area contributed by atoms with Crippen LogP contribution in [0.3, 0.4) is 0 Å². The van der Waals surface area contributed by atoms with Gasteiger partial charge in [0.2, 0.25) is 5.91 Å². The van der Waals surface area contributed by atoms with Crippen LogP contribution in [0.1, 0.15) is 53.1 Å². The lowest BCUT2D eigenvalue weighted by Crippen LogP contribution is -2.38. The van der Waals surface area contributed by atoms with Gasteiger partial charge in [-0.15, -0.1) is 0 Å². The van der Waals surface area contributed by atoms with Crippen LogP contribution in [0, 0.1) is 0 Å². The van der Waals surface area contributed by atoms with Crippen molar-refractivity contribution in [3.63, 3.8) is 0 Å². The third-order valence-corrected chi connectivity index (χ3v) is 5.86. The van der Waals surface area contributed by atoms with Crippen LogP contribution >= 0.6 is 0 Å². The van der Waals surface area contributed by atoms with E-state index < -0.39 is 24.0 Å². The average Bonchev–Trinajstić information content (AvgIpc) is 3.06. The zero-order chi connectivity index (χ0) is 24.5. The number of halogens is 3. The second-order valence-electron chi connectivity index (χ2n) is 8.23. The molecule has 2 amide bonds. The van der Waals surface area contributed by atoms with Crippen LogP contribution in [-0.2, 0) is 16.6 Å². The molecule has 11 heteroatoms. The van der Waals surface area contributed by atoms with Gasteiger partial charge in [-0.3, -0.25) is 14.6 Å². The van der Waals surface area contributed by atoms with E-state index in [9.17, 15) is 22.8 Å². The Morgan fingerprint density at radius 3 is 2.62 bits per heavy atom. The minimum atomic E-state index is -4.77. The van der Waals surface area contributed by atoms with Crippen molar-refractivity contribution < 1.29 is 27.5 Å². The molecule has 1 atom stereocenters. The van der Waals surface area contributed by atoms with E-state index in [4.69, 9.17) is 4.74 Å². The number of nitrogens with one attached hydrogen (secondary N) is 2. The molecule has 3 aromatic rings. The Bertz CT molecular complexity index is 1210. The number of rotatable bonds is 7. The van der Waals surface area contributed by atoms with Crippen LogP contribution in [0.5, 0.6) is 0 Å². The van der Waals surface area contributed by atoms with Crippen molar-refractivity contribution in [1.29, 1.82) is 0 Å². The highest BCUT2D eigenvalue weighted by atomic mass is 19.4. The van der Waals surface area contributed by atoms with Crippen molar-refractivity contribution >= 4 is 28.5 Å². The monoisotopic (exact) mass is 475 g/mol. The molecule has 180 valence electrons. The van der Waals surface area contributed by atoms with Gasteiger partial charge in [0.1, 0.15) is 12.4 Å². The van der Waals surface area contributed by atoms with Gasteiger partial charge in [0.25, 0.3) is 5.91 Å². The van der Waals surface area contributed by atoms with E-state index in [2.05, 4.69) is 20.6 Å². The molecule has 34 heavy (non-hydrogen) atoms. The highest BCUT2D eigenvalue weighted by molar-refractivity contribution is 6.08. The number of methoxy groups -OCH3 is 1. The number of aryl methyl sites for hydroxylation is 1. The van der Waals surface area contributed by atoms with E-state index >= 15 is 0 Å². The molecule has 0 radical (unpaired) electrons.